The van der Waals surface area contributed by atoms with E-state index in [1.807, 2.05) is 25.3 Å². The minimum absolute atomic E-state index is 0.0377. The van der Waals surface area contributed by atoms with E-state index in [0.717, 1.165) is 32.5 Å². The summed E-state index contributed by atoms with van der Waals surface area (Å²) in [7, 11) is 1.66. The van der Waals surface area contributed by atoms with Gasteiger partial charge in [0.15, 0.2) is 11.2 Å². The lowest BCUT2D eigenvalue weighted by atomic mass is 10.1. The van der Waals surface area contributed by atoms with Crippen molar-refractivity contribution in [1.29, 1.82) is 0 Å². The maximum Gasteiger partial charge on any atom is 0.410 e. The molecule has 0 spiro atoms. The molecule has 4 heterocycles. The smallest absolute Gasteiger partial charge is 0.410 e. The molecular formula is C27H42N8O4. The zero-order chi connectivity index (χ0) is 28.3. The molecule has 1 atom stereocenters. The number of piperidine rings is 1. The lowest BCUT2D eigenvalue weighted by Crippen LogP contribution is -2.50. The maximum absolute atomic E-state index is 13.7. The van der Waals surface area contributed by atoms with Crippen molar-refractivity contribution in [3.8, 4) is 11.8 Å². The topological polar surface area (TPSA) is 124 Å². The summed E-state index contributed by atoms with van der Waals surface area (Å²) >= 11 is 0. The average Bonchev–Trinajstić information content (AvgIpc) is 3.27. The van der Waals surface area contributed by atoms with E-state index in [4.69, 9.17) is 15.5 Å². The third-order valence-electron chi connectivity index (χ3n) is 7.25. The van der Waals surface area contributed by atoms with Crippen molar-refractivity contribution >= 4 is 23.2 Å². The Hall–Kier alpha value is -3.30. The van der Waals surface area contributed by atoms with Gasteiger partial charge >= 0.3 is 11.8 Å². The van der Waals surface area contributed by atoms with Crippen LogP contribution in [0.25, 0.3) is 11.2 Å². The Balaban J connectivity index is 1.50. The van der Waals surface area contributed by atoms with E-state index < -0.39 is 5.60 Å². The molecule has 0 aromatic carbocycles. The van der Waals surface area contributed by atoms with Crippen molar-refractivity contribution in [2.75, 3.05) is 50.7 Å². The molecule has 2 aliphatic rings. The number of amides is 1. The summed E-state index contributed by atoms with van der Waals surface area (Å²) in [5.74, 6) is 6.60. The highest BCUT2D eigenvalue weighted by molar-refractivity contribution is 5.75. The fourth-order valence-electron chi connectivity index (χ4n) is 5.23. The number of hydrogen-bond acceptors (Lipinski definition) is 8. The van der Waals surface area contributed by atoms with Crippen LogP contribution in [0.3, 0.4) is 0 Å². The van der Waals surface area contributed by atoms with Crippen LogP contribution in [-0.2, 0) is 24.9 Å². The van der Waals surface area contributed by atoms with Gasteiger partial charge in [-0.25, -0.2) is 9.59 Å². The molecule has 2 aromatic rings. The molecule has 0 radical (unpaired) electrons. The van der Waals surface area contributed by atoms with Gasteiger partial charge in [-0.05, 0) is 53.5 Å². The largest absolute Gasteiger partial charge is 0.444 e. The van der Waals surface area contributed by atoms with E-state index in [-0.39, 0.29) is 23.4 Å². The van der Waals surface area contributed by atoms with Gasteiger partial charge in [0.05, 0.1) is 6.54 Å². The molecule has 12 heteroatoms. The van der Waals surface area contributed by atoms with Gasteiger partial charge in [-0.1, -0.05) is 5.92 Å². The zero-order valence-electron chi connectivity index (χ0n) is 23.9. The number of ether oxygens (including phenoxy) is 1. The van der Waals surface area contributed by atoms with Crippen LogP contribution >= 0.6 is 0 Å². The van der Waals surface area contributed by atoms with Crippen LogP contribution in [-0.4, -0.2) is 92.0 Å². The summed E-state index contributed by atoms with van der Waals surface area (Å²) in [5, 5.41) is 0. The number of aryl methyl sites for hydroxylation is 1. The monoisotopic (exact) mass is 542 g/mol. The Kier molecular flexibility index (Phi) is 8.71. The van der Waals surface area contributed by atoms with Crippen molar-refractivity contribution in [1.82, 2.24) is 28.5 Å². The Bertz CT molecular complexity index is 1370. The van der Waals surface area contributed by atoms with Gasteiger partial charge in [-0.2, -0.15) is 4.98 Å². The lowest BCUT2D eigenvalue weighted by Gasteiger charge is -2.35. The maximum atomic E-state index is 13.7. The predicted octanol–water partition coefficient (Wildman–Crippen LogP) is 0.790. The second kappa shape index (κ2) is 11.8. The quantitative estimate of drug-likeness (QED) is 0.532. The number of carbonyl (C=O) groups excluding carboxylic acids is 1. The minimum atomic E-state index is -0.519. The first kappa shape index (κ1) is 28.7. The summed E-state index contributed by atoms with van der Waals surface area (Å²) in [6.07, 6.45) is 2.23. The summed E-state index contributed by atoms with van der Waals surface area (Å²) in [6.45, 7) is 12.7. The van der Waals surface area contributed by atoms with Crippen molar-refractivity contribution in [3.05, 3.63) is 20.8 Å². The first-order valence-electron chi connectivity index (χ1n) is 13.8. The molecule has 2 aromatic heterocycles. The molecular weight excluding hydrogens is 500 g/mol. The number of fused-ring (bicyclic) bond motifs is 1. The minimum Gasteiger partial charge on any atom is -0.444 e. The summed E-state index contributed by atoms with van der Waals surface area (Å²) in [4.78, 5) is 50.1. The Morgan fingerprint density at radius 2 is 1.82 bits per heavy atom. The van der Waals surface area contributed by atoms with Gasteiger partial charge < -0.3 is 20.3 Å². The highest BCUT2D eigenvalue weighted by Gasteiger charge is 2.27. The van der Waals surface area contributed by atoms with Crippen LogP contribution < -0.4 is 21.9 Å². The molecule has 2 saturated heterocycles. The molecule has 2 N–H and O–H groups in total. The highest BCUT2D eigenvalue weighted by atomic mass is 16.6. The number of nitrogens with two attached hydrogens (primary N) is 1. The molecule has 2 fully saturated rings. The van der Waals surface area contributed by atoms with Gasteiger partial charge in [0.2, 0.25) is 5.95 Å². The van der Waals surface area contributed by atoms with Gasteiger partial charge in [0.1, 0.15) is 5.60 Å². The molecule has 39 heavy (non-hydrogen) atoms. The molecule has 1 amide bonds. The second-order valence-corrected chi connectivity index (χ2v) is 11.4. The molecule has 2 aliphatic heterocycles. The molecule has 12 nitrogen and oxygen atoms in total. The third-order valence-corrected chi connectivity index (χ3v) is 7.25. The molecule has 4 rings (SSSR count). The first-order valence-corrected chi connectivity index (χ1v) is 13.8. The van der Waals surface area contributed by atoms with Crippen LogP contribution in [0.1, 0.15) is 47.0 Å². The van der Waals surface area contributed by atoms with Crippen molar-refractivity contribution < 1.29 is 9.53 Å². The number of anilines is 1. The van der Waals surface area contributed by atoms with Crippen molar-refractivity contribution in [3.63, 3.8) is 0 Å². The van der Waals surface area contributed by atoms with Gasteiger partial charge in [-0.3, -0.25) is 23.4 Å². The predicted molar refractivity (Wildman–Crippen MR) is 151 cm³/mol. The zero-order valence-corrected chi connectivity index (χ0v) is 23.9. The normalized spacial score (nSPS) is 18.8. The lowest BCUT2D eigenvalue weighted by molar-refractivity contribution is 0.0143. The van der Waals surface area contributed by atoms with E-state index in [0.29, 0.717) is 62.8 Å². The third kappa shape index (κ3) is 6.47. The molecule has 0 aliphatic carbocycles. The van der Waals surface area contributed by atoms with Crippen LogP contribution in [0.5, 0.6) is 0 Å². The number of imidazole rings is 1. The first-order chi connectivity index (χ1) is 18.5. The molecule has 214 valence electrons. The summed E-state index contributed by atoms with van der Waals surface area (Å²) < 4.78 is 10.1. The van der Waals surface area contributed by atoms with Crippen LogP contribution in [0.15, 0.2) is 9.59 Å². The average molecular weight is 543 g/mol. The van der Waals surface area contributed by atoms with E-state index in [1.165, 1.54) is 9.13 Å². The number of piperazine rings is 1. The highest BCUT2D eigenvalue weighted by Crippen LogP contribution is 2.23. The van der Waals surface area contributed by atoms with Crippen molar-refractivity contribution in [2.45, 2.75) is 71.7 Å². The summed E-state index contributed by atoms with van der Waals surface area (Å²) in [6, 6.07) is 0.0377. The Morgan fingerprint density at radius 3 is 2.46 bits per heavy atom. The molecule has 0 unspecified atom stereocenters. The van der Waals surface area contributed by atoms with E-state index in [9.17, 15) is 14.4 Å². The SMILES string of the molecule is CC#CCn1c(N2CCC[C@@H](N)C2)nc2c1c(=O)n(CCCN1CCN(C(=O)OC(C)(C)C)CC1)c(=O)n2C. The van der Waals surface area contributed by atoms with E-state index in [2.05, 4.69) is 21.6 Å². The Labute approximate surface area is 229 Å². The van der Waals surface area contributed by atoms with Gasteiger partial charge in [0.25, 0.3) is 5.56 Å². The van der Waals surface area contributed by atoms with Crippen LogP contribution in [0.4, 0.5) is 10.7 Å². The number of hydrogen-bond donors (Lipinski definition) is 1. The van der Waals surface area contributed by atoms with Gasteiger partial charge in [-0.15, -0.1) is 5.92 Å². The number of carbonyl (C=O) groups is 1. The number of rotatable bonds is 6. The Morgan fingerprint density at radius 1 is 1.10 bits per heavy atom. The molecule has 0 saturated carbocycles. The van der Waals surface area contributed by atoms with Gasteiger partial charge in [0, 0.05) is 58.9 Å². The fraction of sp³-hybridized carbons (Fsp3) is 0.704. The van der Waals surface area contributed by atoms with E-state index in [1.54, 1.807) is 18.9 Å². The number of nitrogens with zero attached hydrogens (tertiary/aromatic N) is 7. The standard InChI is InChI=1S/C27H42N8O4/c1-6-7-13-34-21-22(29-24(34)33-12-8-10-20(28)19-33)30(5)25(37)35(23(21)36)14-9-11-31-15-17-32(18-16-31)26(38)39-27(2,3)4/h20H,8-19,28H2,1-5H3/t20-/m1/s1. The summed E-state index contributed by atoms with van der Waals surface area (Å²) in [5.41, 5.74) is 5.73. The molecule has 0 bridgehead atoms. The second-order valence-electron chi connectivity index (χ2n) is 11.4. The van der Waals surface area contributed by atoms with Crippen molar-refractivity contribution in [2.24, 2.45) is 12.8 Å². The van der Waals surface area contributed by atoms with Crippen LogP contribution in [0, 0.1) is 11.8 Å². The number of aromatic nitrogens is 4. The van der Waals surface area contributed by atoms with E-state index >= 15 is 0 Å². The van der Waals surface area contributed by atoms with Crippen LogP contribution in [0.2, 0.25) is 0 Å². The fourth-order valence-corrected chi connectivity index (χ4v) is 5.23.